The van der Waals surface area contributed by atoms with Gasteiger partial charge in [0, 0.05) is 44.8 Å². The fraction of sp³-hybridized carbons (Fsp3) is 0.619. The highest BCUT2D eigenvalue weighted by atomic mass is 16.5. The van der Waals surface area contributed by atoms with Crippen LogP contribution in [0.2, 0.25) is 0 Å². The molecule has 1 N–H and O–H groups in total. The van der Waals surface area contributed by atoms with Gasteiger partial charge in [-0.2, -0.15) is 0 Å². The van der Waals surface area contributed by atoms with E-state index < -0.39 is 0 Å². The number of anilines is 1. The first-order valence-electron chi connectivity index (χ1n) is 9.91. The molecule has 1 aromatic carbocycles. The van der Waals surface area contributed by atoms with Crippen LogP contribution in [0, 0.1) is 18.8 Å². The second-order valence-corrected chi connectivity index (χ2v) is 8.13. The molecule has 2 aliphatic rings. The minimum absolute atomic E-state index is 0.0102. The maximum atomic E-state index is 12.6. The van der Waals surface area contributed by atoms with Crippen LogP contribution in [0.1, 0.15) is 25.8 Å². The molecule has 0 radical (unpaired) electrons. The third kappa shape index (κ3) is 5.30. The van der Waals surface area contributed by atoms with Crippen LogP contribution in [0.4, 0.5) is 5.69 Å². The number of amides is 2. The highest BCUT2D eigenvalue weighted by molar-refractivity contribution is 6.00. The van der Waals surface area contributed by atoms with Crippen LogP contribution >= 0.6 is 0 Å². The number of rotatable bonds is 6. The zero-order chi connectivity index (χ0) is 19.4. The number of carbonyl (C=O) groups excluding carboxylic acids is 2. The average Bonchev–Trinajstić information content (AvgIpc) is 3.02. The quantitative estimate of drug-likeness (QED) is 0.826. The van der Waals surface area contributed by atoms with Crippen molar-refractivity contribution < 1.29 is 14.3 Å². The minimum Gasteiger partial charge on any atom is -0.374 e. The van der Waals surface area contributed by atoms with Crippen molar-refractivity contribution in [3.63, 3.8) is 0 Å². The van der Waals surface area contributed by atoms with E-state index in [-0.39, 0.29) is 30.3 Å². The van der Waals surface area contributed by atoms with Gasteiger partial charge in [0.05, 0.1) is 18.6 Å². The Morgan fingerprint density at radius 2 is 2.00 bits per heavy atom. The van der Waals surface area contributed by atoms with E-state index in [0.717, 1.165) is 30.9 Å². The summed E-state index contributed by atoms with van der Waals surface area (Å²) >= 11 is 0. The molecule has 2 unspecified atom stereocenters. The number of aryl methyl sites for hydroxylation is 1. The summed E-state index contributed by atoms with van der Waals surface area (Å²) in [7, 11) is 0. The van der Waals surface area contributed by atoms with Crippen molar-refractivity contribution in [1.29, 1.82) is 0 Å². The highest BCUT2D eigenvalue weighted by Gasteiger charge is 2.35. The second-order valence-electron chi connectivity index (χ2n) is 8.13. The zero-order valence-electron chi connectivity index (χ0n) is 16.6. The number of ether oxygens (including phenoxy) is 1. The minimum atomic E-state index is -0.297. The lowest BCUT2D eigenvalue weighted by molar-refractivity contribution is -0.127. The Bertz CT molecular complexity index is 659. The monoisotopic (exact) mass is 373 g/mol. The Kier molecular flexibility index (Phi) is 6.50. The summed E-state index contributed by atoms with van der Waals surface area (Å²) in [5, 5.41) is 3.00. The summed E-state index contributed by atoms with van der Waals surface area (Å²) in [6, 6.07) is 7.85. The lowest BCUT2D eigenvalue weighted by Gasteiger charge is -2.34. The van der Waals surface area contributed by atoms with E-state index in [9.17, 15) is 9.59 Å². The standard InChI is InChI=1S/C21H31N3O3/c1-15(2)12-23-8-9-27-19(14-23)11-22-21(26)17-10-20(25)24(13-17)18-6-4-16(3)5-7-18/h4-7,15,17,19H,8-14H2,1-3H3,(H,22,26). The van der Waals surface area contributed by atoms with Gasteiger partial charge in [0.1, 0.15) is 0 Å². The number of benzene rings is 1. The molecule has 2 amide bonds. The smallest absolute Gasteiger partial charge is 0.227 e. The van der Waals surface area contributed by atoms with Gasteiger partial charge in [0.15, 0.2) is 0 Å². The fourth-order valence-electron chi connectivity index (χ4n) is 3.80. The number of nitrogens with zero attached hydrogens (tertiary/aromatic N) is 2. The lowest BCUT2D eigenvalue weighted by atomic mass is 10.1. The largest absolute Gasteiger partial charge is 0.374 e. The molecule has 148 valence electrons. The third-order valence-electron chi connectivity index (χ3n) is 5.19. The molecular weight excluding hydrogens is 342 g/mol. The topological polar surface area (TPSA) is 61.9 Å². The van der Waals surface area contributed by atoms with Gasteiger partial charge in [0.2, 0.25) is 11.8 Å². The summed E-state index contributed by atoms with van der Waals surface area (Å²) in [5.41, 5.74) is 2.01. The van der Waals surface area contributed by atoms with Gasteiger partial charge in [0.25, 0.3) is 0 Å². The summed E-state index contributed by atoms with van der Waals surface area (Å²) in [6.45, 7) is 10.9. The molecule has 1 aromatic rings. The number of nitrogens with one attached hydrogen (secondary N) is 1. The molecule has 2 heterocycles. The number of hydrogen-bond acceptors (Lipinski definition) is 4. The van der Waals surface area contributed by atoms with Gasteiger partial charge in [-0.15, -0.1) is 0 Å². The summed E-state index contributed by atoms with van der Waals surface area (Å²) in [6.07, 6.45) is 0.289. The maximum absolute atomic E-state index is 12.6. The first-order chi connectivity index (χ1) is 12.9. The van der Waals surface area contributed by atoms with Gasteiger partial charge >= 0.3 is 0 Å². The molecule has 27 heavy (non-hydrogen) atoms. The van der Waals surface area contributed by atoms with Crippen LogP contribution < -0.4 is 10.2 Å². The van der Waals surface area contributed by atoms with E-state index in [2.05, 4.69) is 24.1 Å². The molecular formula is C21H31N3O3. The average molecular weight is 373 g/mol. The van der Waals surface area contributed by atoms with Crippen molar-refractivity contribution in [3.05, 3.63) is 29.8 Å². The predicted molar refractivity (Wildman–Crippen MR) is 106 cm³/mol. The fourth-order valence-corrected chi connectivity index (χ4v) is 3.80. The SMILES string of the molecule is Cc1ccc(N2CC(C(=O)NCC3CN(CC(C)C)CCO3)CC2=O)cc1. The van der Waals surface area contributed by atoms with E-state index in [1.54, 1.807) is 4.90 Å². The van der Waals surface area contributed by atoms with E-state index in [1.807, 2.05) is 31.2 Å². The van der Waals surface area contributed by atoms with Crippen LogP contribution in [0.25, 0.3) is 0 Å². The van der Waals surface area contributed by atoms with Crippen molar-refractivity contribution in [3.8, 4) is 0 Å². The number of carbonyl (C=O) groups is 2. The molecule has 0 bridgehead atoms. The maximum Gasteiger partial charge on any atom is 0.227 e. The number of hydrogen-bond donors (Lipinski definition) is 1. The van der Waals surface area contributed by atoms with Gasteiger partial charge in [-0.05, 0) is 25.0 Å². The molecule has 0 aromatic heterocycles. The first-order valence-corrected chi connectivity index (χ1v) is 9.91. The molecule has 2 atom stereocenters. The van der Waals surface area contributed by atoms with Gasteiger partial charge in [-0.3, -0.25) is 14.5 Å². The zero-order valence-corrected chi connectivity index (χ0v) is 16.6. The highest BCUT2D eigenvalue weighted by Crippen LogP contribution is 2.25. The van der Waals surface area contributed by atoms with Gasteiger partial charge < -0.3 is 15.0 Å². The Balaban J connectivity index is 1.48. The van der Waals surface area contributed by atoms with Crippen molar-refractivity contribution in [2.24, 2.45) is 11.8 Å². The van der Waals surface area contributed by atoms with Crippen molar-refractivity contribution in [1.82, 2.24) is 10.2 Å². The summed E-state index contributed by atoms with van der Waals surface area (Å²) < 4.78 is 5.79. The van der Waals surface area contributed by atoms with Crippen molar-refractivity contribution >= 4 is 17.5 Å². The van der Waals surface area contributed by atoms with Gasteiger partial charge in [-0.25, -0.2) is 0 Å². The Hall–Kier alpha value is -1.92. The van der Waals surface area contributed by atoms with Crippen LogP contribution in [0.15, 0.2) is 24.3 Å². The molecule has 3 rings (SSSR count). The van der Waals surface area contributed by atoms with E-state index in [1.165, 1.54) is 0 Å². The van der Waals surface area contributed by atoms with Crippen LogP contribution in [0.3, 0.4) is 0 Å². The van der Waals surface area contributed by atoms with E-state index >= 15 is 0 Å². The molecule has 2 saturated heterocycles. The second kappa shape index (κ2) is 8.85. The molecule has 0 saturated carbocycles. The number of morpholine rings is 1. The van der Waals surface area contributed by atoms with Crippen molar-refractivity contribution in [2.75, 3.05) is 44.2 Å². The molecule has 2 aliphatic heterocycles. The predicted octanol–water partition coefficient (Wildman–Crippen LogP) is 1.82. The van der Waals surface area contributed by atoms with Crippen LogP contribution in [0.5, 0.6) is 0 Å². The van der Waals surface area contributed by atoms with Gasteiger partial charge in [-0.1, -0.05) is 31.5 Å². The Morgan fingerprint density at radius 1 is 1.26 bits per heavy atom. The summed E-state index contributed by atoms with van der Waals surface area (Å²) in [5.74, 6) is 0.281. The van der Waals surface area contributed by atoms with Crippen LogP contribution in [-0.4, -0.2) is 62.1 Å². The molecule has 0 aliphatic carbocycles. The molecule has 6 heteroatoms. The molecule has 2 fully saturated rings. The normalized spacial score (nSPS) is 23.9. The Labute approximate surface area is 161 Å². The Morgan fingerprint density at radius 3 is 2.70 bits per heavy atom. The molecule has 0 spiro atoms. The summed E-state index contributed by atoms with van der Waals surface area (Å²) in [4.78, 5) is 29.0. The van der Waals surface area contributed by atoms with Crippen molar-refractivity contribution in [2.45, 2.75) is 33.3 Å². The first kappa shape index (κ1) is 19.8. The van der Waals surface area contributed by atoms with E-state index in [4.69, 9.17) is 4.74 Å². The van der Waals surface area contributed by atoms with E-state index in [0.29, 0.717) is 25.6 Å². The third-order valence-corrected chi connectivity index (χ3v) is 5.19. The lowest BCUT2D eigenvalue weighted by Crippen LogP contribution is -2.49. The molecule has 6 nitrogen and oxygen atoms in total. The van der Waals surface area contributed by atoms with Crippen LogP contribution in [-0.2, 0) is 14.3 Å².